The predicted octanol–water partition coefficient (Wildman–Crippen LogP) is 1.76. The molecule has 0 amide bonds. The summed E-state index contributed by atoms with van der Waals surface area (Å²) in [6.45, 7) is 12.5. The fourth-order valence-electron chi connectivity index (χ4n) is 3.40. The second-order valence-electron chi connectivity index (χ2n) is 6.64. The Balaban J connectivity index is 1.51. The van der Waals surface area contributed by atoms with Crippen molar-refractivity contribution >= 4 is 23.2 Å². The van der Waals surface area contributed by atoms with Gasteiger partial charge < -0.3 is 19.9 Å². The number of piperazine rings is 1. The smallest absolute Gasteiger partial charge is 0.194 e. The Morgan fingerprint density at radius 2 is 1.92 bits per heavy atom. The van der Waals surface area contributed by atoms with Crippen LogP contribution in [0.1, 0.15) is 6.92 Å². The topological polar surface area (TPSA) is 43.3 Å². The van der Waals surface area contributed by atoms with Crippen LogP contribution in [0, 0.1) is 0 Å². The number of nitrogens with one attached hydrogen (secondary N) is 1. The van der Waals surface area contributed by atoms with E-state index in [0.29, 0.717) is 0 Å². The molecule has 6 nitrogen and oxygen atoms in total. The molecule has 0 unspecified atom stereocenters. The van der Waals surface area contributed by atoms with Crippen LogP contribution in [0.3, 0.4) is 0 Å². The van der Waals surface area contributed by atoms with E-state index >= 15 is 0 Å². The van der Waals surface area contributed by atoms with Crippen molar-refractivity contribution in [2.75, 3.05) is 77.0 Å². The number of benzene rings is 1. The Hall–Kier alpha value is -1.50. The Morgan fingerprint density at radius 1 is 1.15 bits per heavy atom. The Kier molecular flexibility index (Phi) is 7.41. The summed E-state index contributed by atoms with van der Waals surface area (Å²) < 4.78 is 5.40. The van der Waals surface area contributed by atoms with Gasteiger partial charge in [-0.15, -0.1) is 0 Å². The van der Waals surface area contributed by atoms with Crippen LogP contribution in [0.4, 0.5) is 5.69 Å². The van der Waals surface area contributed by atoms with Gasteiger partial charge in [-0.1, -0.05) is 17.7 Å². The molecule has 144 valence electrons. The van der Waals surface area contributed by atoms with E-state index in [4.69, 9.17) is 21.3 Å². The maximum atomic E-state index is 6.13. The van der Waals surface area contributed by atoms with E-state index in [0.717, 1.165) is 83.1 Å². The van der Waals surface area contributed by atoms with E-state index in [1.54, 1.807) is 0 Å². The van der Waals surface area contributed by atoms with Gasteiger partial charge in [0.15, 0.2) is 5.96 Å². The van der Waals surface area contributed by atoms with Gasteiger partial charge in [0.2, 0.25) is 0 Å². The van der Waals surface area contributed by atoms with E-state index in [2.05, 4.69) is 33.0 Å². The molecule has 2 saturated heterocycles. The molecule has 7 heteroatoms. The number of hydrogen-bond acceptors (Lipinski definition) is 4. The fraction of sp³-hybridized carbons (Fsp3) is 0.632. The van der Waals surface area contributed by atoms with Crippen molar-refractivity contribution in [3.05, 3.63) is 29.3 Å². The zero-order valence-corrected chi connectivity index (χ0v) is 16.4. The van der Waals surface area contributed by atoms with Crippen LogP contribution >= 0.6 is 11.6 Å². The van der Waals surface area contributed by atoms with E-state index in [-0.39, 0.29) is 0 Å². The lowest BCUT2D eigenvalue weighted by Crippen LogP contribution is -2.52. The van der Waals surface area contributed by atoms with Crippen LogP contribution in [0.2, 0.25) is 5.02 Å². The highest BCUT2D eigenvalue weighted by Crippen LogP contribution is 2.20. The molecule has 1 N–H and O–H groups in total. The largest absolute Gasteiger partial charge is 0.379 e. The van der Waals surface area contributed by atoms with Crippen LogP contribution in [0.5, 0.6) is 0 Å². The summed E-state index contributed by atoms with van der Waals surface area (Å²) >= 11 is 6.13. The van der Waals surface area contributed by atoms with Crippen molar-refractivity contribution in [2.24, 2.45) is 4.99 Å². The summed E-state index contributed by atoms with van der Waals surface area (Å²) in [6, 6.07) is 8.11. The van der Waals surface area contributed by atoms with Crippen LogP contribution in [-0.2, 0) is 4.74 Å². The highest BCUT2D eigenvalue weighted by Gasteiger charge is 2.20. The lowest BCUT2D eigenvalue weighted by Gasteiger charge is -2.38. The van der Waals surface area contributed by atoms with Crippen molar-refractivity contribution in [1.29, 1.82) is 0 Å². The van der Waals surface area contributed by atoms with Gasteiger partial charge >= 0.3 is 0 Å². The molecule has 0 radical (unpaired) electrons. The normalized spacial score (nSPS) is 19.7. The number of nitrogens with zero attached hydrogens (tertiary/aromatic N) is 4. The van der Waals surface area contributed by atoms with Gasteiger partial charge in [0.1, 0.15) is 0 Å². The summed E-state index contributed by atoms with van der Waals surface area (Å²) in [6.07, 6.45) is 0. The van der Waals surface area contributed by atoms with Crippen molar-refractivity contribution in [3.8, 4) is 0 Å². The lowest BCUT2D eigenvalue weighted by atomic mass is 10.2. The zero-order chi connectivity index (χ0) is 18.2. The van der Waals surface area contributed by atoms with Crippen LogP contribution < -0.4 is 10.2 Å². The minimum Gasteiger partial charge on any atom is -0.379 e. The van der Waals surface area contributed by atoms with Crippen LogP contribution in [0.15, 0.2) is 29.3 Å². The molecule has 0 aromatic heterocycles. The predicted molar refractivity (Wildman–Crippen MR) is 108 cm³/mol. The molecule has 0 saturated carbocycles. The van der Waals surface area contributed by atoms with Gasteiger partial charge in [-0.05, 0) is 25.1 Å². The number of ether oxygens (including phenoxy) is 1. The van der Waals surface area contributed by atoms with Gasteiger partial charge in [-0.25, -0.2) is 0 Å². The maximum Gasteiger partial charge on any atom is 0.194 e. The summed E-state index contributed by atoms with van der Waals surface area (Å²) in [5, 5.41) is 4.24. The summed E-state index contributed by atoms with van der Waals surface area (Å²) in [4.78, 5) is 12.0. The van der Waals surface area contributed by atoms with Crippen molar-refractivity contribution in [1.82, 2.24) is 15.1 Å². The second-order valence-corrected chi connectivity index (χ2v) is 7.08. The molecule has 0 aliphatic carbocycles. The molecule has 1 aromatic rings. The van der Waals surface area contributed by atoms with E-state index in [1.165, 1.54) is 5.69 Å². The Morgan fingerprint density at radius 3 is 2.62 bits per heavy atom. The first-order valence-corrected chi connectivity index (χ1v) is 9.98. The van der Waals surface area contributed by atoms with Crippen LogP contribution in [-0.4, -0.2) is 87.9 Å². The number of halogens is 1. The quantitative estimate of drug-likeness (QED) is 0.623. The average Bonchev–Trinajstić information content (AvgIpc) is 2.68. The summed E-state index contributed by atoms with van der Waals surface area (Å²) in [5.74, 6) is 1.03. The summed E-state index contributed by atoms with van der Waals surface area (Å²) in [7, 11) is 0. The van der Waals surface area contributed by atoms with E-state index in [1.807, 2.05) is 18.2 Å². The monoisotopic (exact) mass is 379 g/mol. The number of rotatable bonds is 5. The molecule has 26 heavy (non-hydrogen) atoms. The first kappa shape index (κ1) is 19.3. The third kappa shape index (κ3) is 5.50. The molecule has 2 aliphatic heterocycles. The van der Waals surface area contributed by atoms with Gasteiger partial charge in [0.25, 0.3) is 0 Å². The third-order valence-electron chi connectivity index (χ3n) is 4.87. The molecular weight excluding hydrogens is 350 g/mol. The molecule has 2 aliphatic rings. The van der Waals surface area contributed by atoms with Crippen LogP contribution in [0.25, 0.3) is 0 Å². The molecule has 0 bridgehead atoms. The highest BCUT2D eigenvalue weighted by atomic mass is 35.5. The maximum absolute atomic E-state index is 6.13. The second kappa shape index (κ2) is 10.00. The molecule has 2 heterocycles. The number of aliphatic imine (C=N–C) groups is 1. The lowest BCUT2D eigenvalue weighted by molar-refractivity contribution is 0.0394. The third-order valence-corrected chi connectivity index (χ3v) is 5.10. The first-order chi connectivity index (χ1) is 12.8. The van der Waals surface area contributed by atoms with Gasteiger partial charge in [0, 0.05) is 63.1 Å². The summed E-state index contributed by atoms with van der Waals surface area (Å²) in [5.41, 5.74) is 1.20. The van der Waals surface area contributed by atoms with Gasteiger partial charge in [0.05, 0.1) is 19.8 Å². The molecule has 0 spiro atoms. The van der Waals surface area contributed by atoms with Crippen molar-refractivity contribution < 1.29 is 4.74 Å². The minimum atomic E-state index is 0.794. The Labute approximate surface area is 161 Å². The first-order valence-electron chi connectivity index (χ1n) is 9.60. The van der Waals surface area contributed by atoms with Crippen molar-refractivity contribution in [2.45, 2.75) is 6.92 Å². The molecule has 2 fully saturated rings. The standard InChI is InChI=1S/C19H30ClN5O/c1-2-21-19(22-6-7-23-12-14-26-15-13-23)25-10-8-24(9-11-25)18-5-3-4-17(20)16-18/h3-5,16H,2,6-15H2,1H3,(H,21,22). The zero-order valence-electron chi connectivity index (χ0n) is 15.7. The van der Waals surface area contributed by atoms with E-state index in [9.17, 15) is 0 Å². The van der Waals surface area contributed by atoms with Crippen molar-refractivity contribution in [3.63, 3.8) is 0 Å². The molecule has 3 rings (SSSR count). The number of hydrogen-bond donors (Lipinski definition) is 1. The molecular formula is C19H30ClN5O. The number of guanidine groups is 1. The number of anilines is 1. The average molecular weight is 380 g/mol. The fourth-order valence-corrected chi connectivity index (χ4v) is 3.58. The Bertz CT molecular complexity index is 583. The molecule has 1 aromatic carbocycles. The molecule has 0 atom stereocenters. The van der Waals surface area contributed by atoms with E-state index < -0.39 is 0 Å². The SMILES string of the molecule is CCNC(=NCCN1CCOCC1)N1CCN(c2cccc(Cl)c2)CC1. The van der Waals surface area contributed by atoms with Gasteiger partial charge in [-0.3, -0.25) is 9.89 Å². The van der Waals surface area contributed by atoms with Gasteiger partial charge in [-0.2, -0.15) is 0 Å². The highest BCUT2D eigenvalue weighted by molar-refractivity contribution is 6.30. The number of morpholine rings is 1. The minimum absolute atomic E-state index is 0.794.